The molecule has 27 heavy (non-hydrogen) atoms. The maximum Gasteiger partial charge on any atom is 0.125 e. The fourth-order valence-corrected chi connectivity index (χ4v) is 4.31. The van der Waals surface area contributed by atoms with Crippen LogP contribution in [0.1, 0.15) is 42.7 Å². The summed E-state index contributed by atoms with van der Waals surface area (Å²) in [5.74, 6) is 0.577. The zero-order valence-corrected chi connectivity index (χ0v) is 16.1. The Labute approximate surface area is 162 Å². The topological polar surface area (TPSA) is 15.3 Å². The molecule has 2 unspecified atom stereocenters. The van der Waals surface area contributed by atoms with E-state index in [1.165, 1.54) is 11.1 Å². The largest absolute Gasteiger partial charge is 0.310 e. The molecular formula is C24H31FN2. The minimum atomic E-state index is -1.03. The second kappa shape index (κ2) is 8.53. The zero-order valence-electron chi connectivity index (χ0n) is 16.1. The summed E-state index contributed by atoms with van der Waals surface area (Å²) in [6, 6.07) is 21.7. The van der Waals surface area contributed by atoms with Crippen molar-refractivity contribution in [2.45, 2.75) is 49.7 Å². The van der Waals surface area contributed by atoms with Crippen molar-refractivity contribution in [3.05, 3.63) is 71.8 Å². The highest BCUT2D eigenvalue weighted by molar-refractivity contribution is 5.27. The second-order valence-electron chi connectivity index (χ2n) is 8.32. The number of likely N-dealkylation sites (tertiary alicyclic amines) is 1. The lowest BCUT2D eigenvalue weighted by Gasteiger charge is -2.36. The van der Waals surface area contributed by atoms with Gasteiger partial charge in [0.15, 0.2) is 0 Å². The molecule has 2 fully saturated rings. The van der Waals surface area contributed by atoms with Crippen LogP contribution in [-0.4, -0.2) is 42.8 Å². The Balaban J connectivity index is 1.14. The molecule has 144 valence electrons. The quantitative estimate of drug-likeness (QED) is 0.736. The van der Waals surface area contributed by atoms with E-state index in [9.17, 15) is 0 Å². The molecule has 1 aliphatic heterocycles. The molecule has 2 aromatic carbocycles. The van der Waals surface area contributed by atoms with Crippen molar-refractivity contribution in [1.29, 1.82) is 0 Å². The van der Waals surface area contributed by atoms with Gasteiger partial charge in [-0.3, -0.25) is 0 Å². The summed E-state index contributed by atoms with van der Waals surface area (Å²) in [4.78, 5) is 2.44. The Bertz CT molecular complexity index is 695. The lowest BCUT2D eigenvalue weighted by molar-refractivity contribution is 0.0572. The standard InChI is InChI=1S/C24H31FN2/c25-24(19-26-23-18-22(23)21-11-5-2-6-12-21)13-16-27(17-14-24)15-7-10-20-8-3-1-4-9-20/h1-6,8-9,11-12,22-23,26H,7,10,13-19H2. The van der Waals surface area contributed by atoms with Gasteiger partial charge in [-0.2, -0.15) is 0 Å². The smallest absolute Gasteiger partial charge is 0.125 e. The summed E-state index contributed by atoms with van der Waals surface area (Å²) in [6.45, 7) is 3.37. The molecule has 1 heterocycles. The molecule has 0 amide bonds. The van der Waals surface area contributed by atoms with E-state index in [-0.39, 0.29) is 0 Å². The molecule has 1 aliphatic carbocycles. The minimum Gasteiger partial charge on any atom is -0.310 e. The fraction of sp³-hybridized carbons (Fsp3) is 0.500. The molecule has 1 saturated carbocycles. The Morgan fingerprint density at radius 1 is 0.963 bits per heavy atom. The van der Waals surface area contributed by atoms with Gasteiger partial charge in [0.1, 0.15) is 5.67 Å². The maximum absolute atomic E-state index is 15.2. The van der Waals surface area contributed by atoms with Crippen LogP contribution in [0.3, 0.4) is 0 Å². The molecule has 0 aromatic heterocycles. The highest BCUT2D eigenvalue weighted by Gasteiger charge is 2.41. The minimum absolute atomic E-state index is 0.462. The van der Waals surface area contributed by atoms with Gasteiger partial charge in [-0.05, 0) is 49.8 Å². The highest BCUT2D eigenvalue weighted by atomic mass is 19.1. The number of aryl methyl sites for hydroxylation is 1. The van der Waals surface area contributed by atoms with Crippen LogP contribution in [0.15, 0.2) is 60.7 Å². The average Bonchev–Trinajstić information content (AvgIpc) is 3.50. The molecule has 2 aromatic rings. The van der Waals surface area contributed by atoms with Crippen LogP contribution in [0.5, 0.6) is 0 Å². The van der Waals surface area contributed by atoms with Crippen LogP contribution in [0.2, 0.25) is 0 Å². The summed E-state index contributed by atoms with van der Waals surface area (Å²) in [5, 5.41) is 3.50. The number of piperidine rings is 1. The first-order chi connectivity index (χ1) is 13.2. The first-order valence-electron chi connectivity index (χ1n) is 10.5. The molecule has 1 N–H and O–H groups in total. The van der Waals surface area contributed by atoms with Gasteiger partial charge >= 0.3 is 0 Å². The molecular weight excluding hydrogens is 335 g/mol. The van der Waals surface area contributed by atoms with Gasteiger partial charge in [0.05, 0.1) is 0 Å². The summed E-state index contributed by atoms with van der Waals surface area (Å²) in [6.07, 6.45) is 4.73. The van der Waals surface area contributed by atoms with E-state index in [2.05, 4.69) is 70.9 Å². The molecule has 0 radical (unpaired) electrons. The Hall–Kier alpha value is -1.71. The highest BCUT2D eigenvalue weighted by Crippen LogP contribution is 2.41. The Morgan fingerprint density at radius 2 is 1.63 bits per heavy atom. The van der Waals surface area contributed by atoms with E-state index in [0.29, 0.717) is 31.3 Å². The molecule has 0 spiro atoms. The van der Waals surface area contributed by atoms with Gasteiger partial charge < -0.3 is 10.2 Å². The number of benzene rings is 2. The molecule has 3 heteroatoms. The van der Waals surface area contributed by atoms with Crippen LogP contribution in [0, 0.1) is 0 Å². The van der Waals surface area contributed by atoms with Crippen molar-refractivity contribution < 1.29 is 4.39 Å². The van der Waals surface area contributed by atoms with Crippen LogP contribution in [-0.2, 0) is 6.42 Å². The summed E-state index contributed by atoms with van der Waals surface area (Å²) < 4.78 is 15.2. The Kier molecular flexibility index (Phi) is 5.89. The van der Waals surface area contributed by atoms with Crippen LogP contribution < -0.4 is 5.32 Å². The first kappa shape index (κ1) is 18.6. The van der Waals surface area contributed by atoms with Crippen molar-refractivity contribution in [3.8, 4) is 0 Å². The van der Waals surface area contributed by atoms with E-state index in [0.717, 1.165) is 38.9 Å². The molecule has 0 bridgehead atoms. The normalized spacial score (nSPS) is 24.6. The number of alkyl halides is 1. The summed E-state index contributed by atoms with van der Waals surface area (Å²) >= 11 is 0. The number of nitrogens with zero attached hydrogens (tertiary/aromatic N) is 1. The van der Waals surface area contributed by atoms with E-state index < -0.39 is 5.67 Å². The number of halogens is 1. The average molecular weight is 367 g/mol. The number of rotatable bonds is 8. The Morgan fingerprint density at radius 3 is 2.33 bits per heavy atom. The van der Waals surface area contributed by atoms with E-state index in [1.807, 2.05) is 0 Å². The lowest BCUT2D eigenvalue weighted by atomic mass is 9.93. The third-order valence-electron chi connectivity index (χ3n) is 6.23. The number of nitrogens with one attached hydrogen (secondary N) is 1. The lowest BCUT2D eigenvalue weighted by Crippen LogP contribution is -2.47. The van der Waals surface area contributed by atoms with Crippen molar-refractivity contribution in [1.82, 2.24) is 10.2 Å². The predicted octanol–water partition coefficient (Wildman–Crippen LogP) is 4.57. The SMILES string of the molecule is FC1(CNC2CC2c2ccccc2)CCN(CCCc2ccccc2)CC1. The monoisotopic (exact) mass is 366 g/mol. The van der Waals surface area contributed by atoms with Gasteiger partial charge in [0, 0.05) is 31.6 Å². The van der Waals surface area contributed by atoms with Crippen molar-refractivity contribution in [2.24, 2.45) is 0 Å². The van der Waals surface area contributed by atoms with Gasteiger partial charge in [0.25, 0.3) is 0 Å². The van der Waals surface area contributed by atoms with Crippen LogP contribution in [0.25, 0.3) is 0 Å². The van der Waals surface area contributed by atoms with Crippen molar-refractivity contribution >= 4 is 0 Å². The zero-order chi connectivity index (χ0) is 18.5. The third-order valence-corrected chi connectivity index (χ3v) is 6.23. The molecule has 4 rings (SSSR count). The number of hydrogen-bond donors (Lipinski definition) is 1. The molecule has 2 nitrogen and oxygen atoms in total. The maximum atomic E-state index is 15.2. The van der Waals surface area contributed by atoms with Gasteiger partial charge in [-0.25, -0.2) is 4.39 Å². The van der Waals surface area contributed by atoms with Gasteiger partial charge in [0.2, 0.25) is 0 Å². The molecule has 1 saturated heterocycles. The predicted molar refractivity (Wildman–Crippen MR) is 110 cm³/mol. The van der Waals surface area contributed by atoms with E-state index in [4.69, 9.17) is 0 Å². The van der Waals surface area contributed by atoms with E-state index >= 15 is 4.39 Å². The van der Waals surface area contributed by atoms with Crippen molar-refractivity contribution in [3.63, 3.8) is 0 Å². The van der Waals surface area contributed by atoms with Gasteiger partial charge in [-0.1, -0.05) is 60.7 Å². The third kappa shape index (κ3) is 5.18. The fourth-order valence-electron chi connectivity index (χ4n) is 4.31. The molecule has 2 aliphatic rings. The van der Waals surface area contributed by atoms with Crippen molar-refractivity contribution in [2.75, 3.05) is 26.2 Å². The van der Waals surface area contributed by atoms with E-state index in [1.54, 1.807) is 0 Å². The van der Waals surface area contributed by atoms with Crippen LogP contribution in [0.4, 0.5) is 4.39 Å². The second-order valence-corrected chi connectivity index (χ2v) is 8.32. The summed E-state index contributed by atoms with van der Waals surface area (Å²) in [7, 11) is 0. The number of hydrogen-bond acceptors (Lipinski definition) is 2. The summed E-state index contributed by atoms with van der Waals surface area (Å²) in [5.41, 5.74) is 1.76. The van der Waals surface area contributed by atoms with Gasteiger partial charge in [-0.15, -0.1) is 0 Å². The van der Waals surface area contributed by atoms with Crippen LogP contribution >= 0.6 is 0 Å². The molecule has 2 atom stereocenters. The first-order valence-corrected chi connectivity index (χ1v) is 10.5.